The molecule has 42 valence electrons. The van der Waals surface area contributed by atoms with E-state index in [0.717, 1.165) is 0 Å². The van der Waals surface area contributed by atoms with Crippen molar-refractivity contribution in [1.29, 1.82) is 0 Å². The largest absolute Gasteiger partial charge is 1.00 e. The van der Waals surface area contributed by atoms with Gasteiger partial charge in [-0.2, -0.15) is 0 Å². The zero-order valence-corrected chi connectivity index (χ0v) is 8.86. The topological polar surface area (TPSA) is 40.1 Å². The van der Waals surface area contributed by atoms with Crippen molar-refractivity contribution in [3.8, 4) is 0 Å². The Kier molecular flexibility index (Phi) is 9.86. The van der Waals surface area contributed by atoms with E-state index in [2.05, 4.69) is 0 Å². The molecule has 2 nitrogen and oxygen atoms in total. The minimum Gasteiger partial charge on any atom is -0.550 e. The zero-order valence-electron chi connectivity index (χ0n) is 4.98. The molecule has 0 heterocycles. The summed E-state index contributed by atoms with van der Waals surface area (Å²) in [5, 5.41) is 9.30. The van der Waals surface area contributed by atoms with E-state index in [0.29, 0.717) is 0 Å². The first-order valence-electron chi connectivity index (χ1n) is 1.97. The third-order valence-electron chi connectivity index (χ3n) is 0.448. The smallest absolute Gasteiger partial charge is 0.550 e. The molecule has 0 aromatic carbocycles. The second-order valence-electron chi connectivity index (χ2n) is 1.36. The number of aliphatic carboxylic acids is 1. The predicted octanol–water partition coefficient (Wildman–Crippen LogP) is -3.24. The molecule has 4 heteroatoms. The van der Waals surface area contributed by atoms with Crippen molar-refractivity contribution in [1.82, 2.24) is 0 Å². The first-order valence-corrected chi connectivity index (χ1v) is 2.40. The van der Waals surface area contributed by atoms with Crippen LogP contribution in [0.25, 0.3) is 0 Å². The fourth-order valence-corrected chi connectivity index (χ4v) is 0.356. The fourth-order valence-electron chi connectivity index (χ4n) is 0.230. The summed E-state index contributed by atoms with van der Waals surface area (Å²) in [6, 6.07) is 0. The summed E-state index contributed by atoms with van der Waals surface area (Å²) in [5.41, 5.74) is 0. The average Bonchev–Trinajstić information content (AvgIpc) is 1.27. The van der Waals surface area contributed by atoms with E-state index >= 15 is 0 Å². The fraction of sp³-hybridized carbons (Fsp3) is 0.750. The molecule has 0 N–H and O–H groups in total. The van der Waals surface area contributed by atoms with Gasteiger partial charge < -0.3 is 9.90 Å². The minimum absolute atomic E-state index is 0. The number of halogens is 1. The van der Waals surface area contributed by atoms with E-state index in [-0.39, 0.29) is 63.2 Å². The summed E-state index contributed by atoms with van der Waals surface area (Å²) in [6.07, 6.45) is -0.0679. The van der Waals surface area contributed by atoms with Crippen LogP contribution in [-0.4, -0.2) is 11.3 Å². The summed E-state index contributed by atoms with van der Waals surface area (Å²) >= 11 is 5.25. The van der Waals surface area contributed by atoms with Crippen molar-refractivity contribution >= 4 is 17.6 Å². The van der Waals surface area contributed by atoms with Crippen LogP contribution in [0.15, 0.2) is 0 Å². The molecule has 0 aromatic heterocycles. The Balaban J connectivity index is 0. The molecule has 0 rings (SSSR count). The molecule has 0 amide bonds. The molecule has 0 spiro atoms. The number of carboxylic acid groups (broad SMARTS) is 1. The standard InChI is InChI=1S/C4H7ClO2.K/c1-3(5)2-4(6)7;/h3H,2H2,1H3,(H,6,7);/q;+1/p-1. The van der Waals surface area contributed by atoms with Crippen LogP contribution in [-0.2, 0) is 4.79 Å². The van der Waals surface area contributed by atoms with Crippen LogP contribution in [0.4, 0.5) is 0 Å². The normalized spacial score (nSPS) is 11.8. The zero-order chi connectivity index (χ0) is 5.86. The van der Waals surface area contributed by atoms with Crippen LogP contribution in [0, 0.1) is 0 Å². The van der Waals surface area contributed by atoms with Crippen LogP contribution >= 0.6 is 11.6 Å². The summed E-state index contributed by atoms with van der Waals surface area (Å²) < 4.78 is 0. The number of carbonyl (C=O) groups excluding carboxylic acids is 1. The molecule has 0 aliphatic heterocycles. The number of carboxylic acids is 1. The first-order chi connectivity index (χ1) is 3.13. The molecule has 8 heavy (non-hydrogen) atoms. The van der Waals surface area contributed by atoms with E-state index in [1.807, 2.05) is 0 Å². The van der Waals surface area contributed by atoms with Gasteiger partial charge in [-0.25, -0.2) is 0 Å². The van der Waals surface area contributed by atoms with Gasteiger partial charge in [-0.15, -0.1) is 11.6 Å². The Labute approximate surface area is 96.0 Å². The van der Waals surface area contributed by atoms with Crippen molar-refractivity contribution < 1.29 is 61.3 Å². The molecule has 0 saturated carbocycles. The predicted molar refractivity (Wildman–Crippen MR) is 24.9 cm³/mol. The van der Waals surface area contributed by atoms with Gasteiger partial charge in [0.15, 0.2) is 0 Å². The van der Waals surface area contributed by atoms with Gasteiger partial charge in [0, 0.05) is 17.8 Å². The van der Waals surface area contributed by atoms with Gasteiger partial charge in [-0.1, -0.05) is 0 Å². The Bertz CT molecular complexity index is 74.4. The third kappa shape index (κ3) is 10.4. The number of carbonyl (C=O) groups is 1. The van der Waals surface area contributed by atoms with Gasteiger partial charge in [0.05, 0.1) is 0 Å². The number of alkyl halides is 1. The van der Waals surface area contributed by atoms with Gasteiger partial charge in [-0.05, 0) is 6.92 Å². The van der Waals surface area contributed by atoms with Gasteiger partial charge >= 0.3 is 51.4 Å². The monoisotopic (exact) mass is 160 g/mol. The Morgan fingerprint density at radius 2 is 2.25 bits per heavy atom. The summed E-state index contributed by atoms with van der Waals surface area (Å²) in [7, 11) is 0. The molecule has 0 aliphatic rings. The van der Waals surface area contributed by atoms with Crippen molar-refractivity contribution in [2.45, 2.75) is 18.7 Å². The maximum atomic E-state index is 9.61. The second-order valence-corrected chi connectivity index (χ2v) is 2.10. The van der Waals surface area contributed by atoms with Gasteiger partial charge in [0.2, 0.25) is 0 Å². The Morgan fingerprint density at radius 3 is 2.25 bits per heavy atom. The average molecular weight is 161 g/mol. The van der Waals surface area contributed by atoms with Crippen LogP contribution in [0.1, 0.15) is 13.3 Å². The quantitative estimate of drug-likeness (QED) is 0.315. The Hall–Kier alpha value is 1.40. The molecule has 0 fully saturated rings. The van der Waals surface area contributed by atoms with Gasteiger partial charge in [-0.3, -0.25) is 0 Å². The number of hydrogen-bond donors (Lipinski definition) is 0. The van der Waals surface area contributed by atoms with Crippen molar-refractivity contribution in [3.05, 3.63) is 0 Å². The molecule has 0 aliphatic carbocycles. The molecular formula is C4H6ClKO2. The summed E-state index contributed by atoms with van der Waals surface area (Å²) in [4.78, 5) is 9.61. The van der Waals surface area contributed by atoms with E-state index in [9.17, 15) is 9.90 Å². The molecule has 0 saturated heterocycles. The molecule has 0 radical (unpaired) electrons. The van der Waals surface area contributed by atoms with E-state index in [1.54, 1.807) is 6.92 Å². The maximum absolute atomic E-state index is 9.61. The Morgan fingerprint density at radius 1 is 1.88 bits per heavy atom. The molecule has 0 bridgehead atoms. The van der Waals surface area contributed by atoms with E-state index in [1.165, 1.54) is 0 Å². The second kappa shape index (κ2) is 6.52. The van der Waals surface area contributed by atoms with E-state index < -0.39 is 5.97 Å². The van der Waals surface area contributed by atoms with Gasteiger partial charge in [0.1, 0.15) is 0 Å². The van der Waals surface area contributed by atoms with Gasteiger partial charge in [0.25, 0.3) is 0 Å². The molecule has 0 aromatic rings. The first kappa shape index (κ1) is 12.1. The van der Waals surface area contributed by atoms with Crippen molar-refractivity contribution in [2.75, 3.05) is 0 Å². The van der Waals surface area contributed by atoms with E-state index in [4.69, 9.17) is 11.6 Å². The van der Waals surface area contributed by atoms with Crippen LogP contribution < -0.4 is 56.5 Å². The molecular weight excluding hydrogens is 155 g/mol. The summed E-state index contributed by atoms with van der Waals surface area (Å²) in [6.45, 7) is 1.61. The van der Waals surface area contributed by atoms with Crippen LogP contribution in [0.2, 0.25) is 0 Å². The van der Waals surface area contributed by atoms with Crippen molar-refractivity contribution in [2.24, 2.45) is 0 Å². The maximum Gasteiger partial charge on any atom is 1.00 e. The van der Waals surface area contributed by atoms with Crippen LogP contribution in [0.3, 0.4) is 0 Å². The van der Waals surface area contributed by atoms with Crippen molar-refractivity contribution in [3.63, 3.8) is 0 Å². The minimum atomic E-state index is -1.09. The van der Waals surface area contributed by atoms with Crippen LogP contribution in [0.5, 0.6) is 0 Å². The summed E-state index contributed by atoms with van der Waals surface area (Å²) in [5.74, 6) is -1.09. The molecule has 1 unspecified atom stereocenters. The third-order valence-corrected chi connectivity index (χ3v) is 0.602. The molecule has 1 atom stereocenters. The SMILES string of the molecule is CC(Cl)CC(=O)[O-].[K+]. The number of rotatable bonds is 2. The number of hydrogen-bond acceptors (Lipinski definition) is 2.